The maximum absolute atomic E-state index is 11.5. The average Bonchev–Trinajstić information content (AvgIpc) is 2.74. The van der Waals surface area contributed by atoms with Gasteiger partial charge in [0.1, 0.15) is 6.29 Å². The molecule has 2 amide bonds. The molecule has 1 heterocycles. The minimum absolute atomic E-state index is 0.0457. The second-order valence-electron chi connectivity index (χ2n) is 6.40. The van der Waals surface area contributed by atoms with Gasteiger partial charge in [-0.05, 0) is 42.8 Å². The van der Waals surface area contributed by atoms with E-state index >= 15 is 0 Å². The molecule has 0 aliphatic carbocycles. The number of methoxy groups -OCH3 is 1. The SMILES string of the molecule is CNc1ccc(N)c(C=N)c1.COc1ccc(C2NC(=O)NC(C)=C2C=O)cc1O. The Bertz CT molecular complexity index is 987. The molecule has 7 N–H and O–H groups in total. The lowest BCUT2D eigenvalue weighted by atomic mass is 9.96. The third kappa shape index (κ3) is 5.07. The highest BCUT2D eigenvalue weighted by molar-refractivity contribution is 5.87. The van der Waals surface area contributed by atoms with Crippen molar-refractivity contribution in [2.45, 2.75) is 13.0 Å². The van der Waals surface area contributed by atoms with Crippen LogP contribution in [-0.4, -0.2) is 37.8 Å². The summed E-state index contributed by atoms with van der Waals surface area (Å²) in [7, 11) is 3.28. The third-order valence-electron chi connectivity index (χ3n) is 4.51. The number of benzene rings is 2. The van der Waals surface area contributed by atoms with Gasteiger partial charge in [0, 0.05) is 41.5 Å². The van der Waals surface area contributed by atoms with Gasteiger partial charge >= 0.3 is 6.03 Å². The summed E-state index contributed by atoms with van der Waals surface area (Å²) in [6.45, 7) is 1.65. The zero-order valence-electron chi connectivity index (χ0n) is 16.9. The summed E-state index contributed by atoms with van der Waals surface area (Å²) in [4.78, 5) is 22.6. The number of carbonyl (C=O) groups is 2. The number of rotatable bonds is 5. The van der Waals surface area contributed by atoms with Gasteiger partial charge in [-0.25, -0.2) is 4.79 Å². The molecule has 2 aromatic rings. The predicted molar refractivity (Wildman–Crippen MR) is 116 cm³/mol. The molecule has 9 heteroatoms. The van der Waals surface area contributed by atoms with Crippen LogP contribution in [0, 0.1) is 5.41 Å². The maximum Gasteiger partial charge on any atom is 0.319 e. The Morgan fingerprint density at radius 1 is 1.27 bits per heavy atom. The van der Waals surface area contributed by atoms with Crippen LogP contribution in [0.5, 0.6) is 11.5 Å². The van der Waals surface area contributed by atoms with Crippen molar-refractivity contribution in [3.05, 3.63) is 58.8 Å². The molecule has 0 aromatic heterocycles. The van der Waals surface area contributed by atoms with Crippen LogP contribution in [-0.2, 0) is 4.79 Å². The molecule has 0 bridgehead atoms. The topological polar surface area (TPSA) is 150 Å². The van der Waals surface area contributed by atoms with Crippen LogP contribution in [0.25, 0.3) is 0 Å². The van der Waals surface area contributed by atoms with E-state index in [9.17, 15) is 14.7 Å². The Kier molecular flexibility index (Phi) is 7.40. The van der Waals surface area contributed by atoms with E-state index in [0.29, 0.717) is 34.6 Å². The molecular weight excluding hydrogens is 386 g/mol. The smallest absolute Gasteiger partial charge is 0.319 e. The lowest BCUT2D eigenvalue weighted by Gasteiger charge is -2.26. The van der Waals surface area contributed by atoms with E-state index < -0.39 is 6.04 Å². The molecular formula is C21H25N5O4. The number of phenols is 1. The van der Waals surface area contributed by atoms with E-state index in [4.69, 9.17) is 15.9 Å². The lowest BCUT2D eigenvalue weighted by Crippen LogP contribution is -2.43. The number of phenolic OH excluding ortho intramolecular Hbond substituents is 1. The molecule has 3 rings (SSSR count). The summed E-state index contributed by atoms with van der Waals surface area (Å²) in [5.74, 6) is 0.285. The van der Waals surface area contributed by atoms with Crippen LogP contribution in [0.15, 0.2) is 47.7 Å². The van der Waals surface area contributed by atoms with E-state index in [1.165, 1.54) is 19.4 Å². The zero-order valence-corrected chi connectivity index (χ0v) is 16.9. The number of urea groups is 1. The summed E-state index contributed by atoms with van der Waals surface area (Å²) in [6.07, 6.45) is 1.93. The van der Waals surface area contributed by atoms with Crippen molar-refractivity contribution in [2.24, 2.45) is 0 Å². The number of carbonyl (C=O) groups excluding carboxylic acids is 2. The van der Waals surface area contributed by atoms with Gasteiger partial charge in [-0.3, -0.25) is 4.79 Å². The fourth-order valence-corrected chi connectivity index (χ4v) is 2.87. The minimum atomic E-state index is -0.581. The van der Waals surface area contributed by atoms with Crippen molar-refractivity contribution < 1.29 is 19.4 Å². The molecule has 0 spiro atoms. The number of nitrogen functional groups attached to an aromatic ring is 1. The fourth-order valence-electron chi connectivity index (χ4n) is 2.87. The summed E-state index contributed by atoms with van der Waals surface area (Å²) < 4.78 is 4.95. The van der Waals surface area contributed by atoms with Gasteiger partial charge in [0.05, 0.1) is 13.2 Å². The van der Waals surface area contributed by atoms with Gasteiger partial charge in [-0.15, -0.1) is 0 Å². The van der Waals surface area contributed by atoms with Crippen molar-refractivity contribution in [3.8, 4) is 11.5 Å². The van der Waals surface area contributed by atoms with E-state index in [1.54, 1.807) is 25.1 Å². The highest BCUT2D eigenvalue weighted by Crippen LogP contribution is 2.32. The van der Waals surface area contributed by atoms with Crippen molar-refractivity contribution in [3.63, 3.8) is 0 Å². The molecule has 1 atom stereocenters. The Morgan fingerprint density at radius 3 is 2.57 bits per heavy atom. The largest absolute Gasteiger partial charge is 0.504 e. The van der Waals surface area contributed by atoms with Gasteiger partial charge in [-0.2, -0.15) is 0 Å². The highest BCUT2D eigenvalue weighted by Gasteiger charge is 2.26. The predicted octanol–water partition coefficient (Wildman–Crippen LogP) is 2.54. The molecule has 1 aliphatic heterocycles. The molecule has 0 saturated carbocycles. The molecule has 0 saturated heterocycles. The van der Waals surface area contributed by atoms with Crippen LogP contribution in [0.4, 0.5) is 16.2 Å². The first-order valence-electron chi connectivity index (χ1n) is 9.02. The zero-order chi connectivity index (χ0) is 22.3. The molecule has 9 nitrogen and oxygen atoms in total. The van der Waals surface area contributed by atoms with Crippen LogP contribution in [0.1, 0.15) is 24.1 Å². The molecule has 1 unspecified atom stereocenters. The van der Waals surface area contributed by atoms with Gasteiger partial charge in [0.25, 0.3) is 0 Å². The van der Waals surface area contributed by atoms with E-state index in [-0.39, 0.29) is 11.8 Å². The highest BCUT2D eigenvalue weighted by atomic mass is 16.5. The monoisotopic (exact) mass is 411 g/mol. The van der Waals surface area contributed by atoms with Crippen LogP contribution in [0.3, 0.4) is 0 Å². The number of aldehydes is 1. The van der Waals surface area contributed by atoms with Crippen LogP contribution in [0.2, 0.25) is 0 Å². The number of hydrogen-bond donors (Lipinski definition) is 6. The second-order valence-corrected chi connectivity index (χ2v) is 6.40. The Labute approximate surface area is 174 Å². The number of hydrogen-bond acceptors (Lipinski definition) is 7. The third-order valence-corrected chi connectivity index (χ3v) is 4.51. The molecule has 1 aliphatic rings. The summed E-state index contributed by atoms with van der Waals surface area (Å²) >= 11 is 0. The standard InChI is InChI=1S/C13H14N2O4.C8H11N3/c1-7-9(6-16)12(15-13(18)14-7)8-3-4-11(19-2)10(17)5-8;1-11-7-2-3-8(10)6(4-7)5-9/h3-6,12,17H,1-2H3,(H2,14,15,18);2-5,9,11H,10H2,1H3. The molecule has 0 fully saturated rings. The number of ether oxygens (including phenoxy) is 1. The molecule has 158 valence electrons. The number of amides is 2. The number of aromatic hydroxyl groups is 1. The second kappa shape index (κ2) is 9.97. The van der Waals surface area contributed by atoms with Crippen molar-refractivity contribution in [2.75, 3.05) is 25.2 Å². The quantitative estimate of drug-likeness (QED) is 0.253. The number of allylic oxidation sites excluding steroid dienone is 1. The van der Waals surface area contributed by atoms with E-state index in [0.717, 1.165) is 11.3 Å². The van der Waals surface area contributed by atoms with Crippen molar-refractivity contribution >= 4 is 29.9 Å². The minimum Gasteiger partial charge on any atom is -0.504 e. The van der Waals surface area contributed by atoms with Crippen LogP contribution >= 0.6 is 0 Å². The normalized spacial score (nSPS) is 15.2. The number of nitrogens with one attached hydrogen (secondary N) is 4. The average molecular weight is 411 g/mol. The maximum atomic E-state index is 11.5. The first kappa shape index (κ1) is 22.3. The Hall–Kier alpha value is -4.01. The summed E-state index contributed by atoms with van der Waals surface area (Å²) in [6, 6.07) is 9.26. The van der Waals surface area contributed by atoms with Gasteiger partial charge < -0.3 is 36.9 Å². The molecule has 2 aromatic carbocycles. The number of nitrogens with two attached hydrogens (primary N) is 1. The van der Waals surface area contributed by atoms with Gasteiger partial charge in [-0.1, -0.05) is 6.07 Å². The van der Waals surface area contributed by atoms with Gasteiger partial charge in [0.2, 0.25) is 0 Å². The molecule has 30 heavy (non-hydrogen) atoms. The van der Waals surface area contributed by atoms with Crippen molar-refractivity contribution in [1.82, 2.24) is 10.6 Å². The Morgan fingerprint density at radius 2 is 2.00 bits per heavy atom. The first-order valence-corrected chi connectivity index (χ1v) is 9.02. The Balaban J connectivity index is 0.000000248. The lowest BCUT2D eigenvalue weighted by molar-refractivity contribution is -0.105. The van der Waals surface area contributed by atoms with Crippen LogP contribution < -0.4 is 26.4 Å². The number of anilines is 2. The van der Waals surface area contributed by atoms with E-state index in [2.05, 4.69) is 16.0 Å². The first-order chi connectivity index (χ1) is 14.3. The summed E-state index contributed by atoms with van der Waals surface area (Å²) in [5, 5.41) is 24.9. The van der Waals surface area contributed by atoms with Gasteiger partial charge in [0.15, 0.2) is 11.5 Å². The van der Waals surface area contributed by atoms with Crippen molar-refractivity contribution in [1.29, 1.82) is 5.41 Å². The summed E-state index contributed by atoms with van der Waals surface area (Å²) in [5.41, 5.74) is 9.46. The van der Waals surface area contributed by atoms with E-state index in [1.807, 2.05) is 19.2 Å². The molecule has 0 radical (unpaired) electrons. The fraction of sp³-hybridized carbons (Fsp3) is 0.190.